The van der Waals surface area contributed by atoms with Crippen molar-refractivity contribution in [2.45, 2.75) is 18.8 Å². The topological polar surface area (TPSA) is 77.2 Å². The molecule has 2 aromatic carbocycles. The number of nitrogens with zero attached hydrogens (tertiary/aromatic N) is 2. The molecule has 5 rings (SSSR count). The Morgan fingerprint density at radius 1 is 1.25 bits per heavy atom. The number of anilines is 1. The summed E-state index contributed by atoms with van der Waals surface area (Å²) in [5.74, 6) is 1.46. The van der Waals surface area contributed by atoms with Crippen molar-refractivity contribution in [1.29, 1.82) is 0 Å². The molecule has 1 aliphatic rings. The average molecular weight is 394 g/mol. The molecule has 4 aromatic rings. The zero-order valence-corrected chi connectivity index (χ0v) is 15.6. The van der Waals surface area contributed by atoms with E-state index >= 15 is 0 Å². The van der Waals surface area contributed by atoms with Crippen LogP contribution < -0.4 is 10.1 Å². The number of carbonyl (C=O) groups is 1. The first kappa shape index (κ1) is 17.0. The maximum absolute atomic E-state index is 12.3. The Morgan fingerprint density at radius 2 is 2.14 bits per heavy atom. The first-order valence-corrected chi connectivity index (χ1v) is 9.41. The minimum Gasteiger partial charge on any atom is -0.481 e. The number of halogens is 1. The van der Waals surface area contributed by atoms with Gasteiger partial charge in [0.1, 0.15) is 16.8 Å². The minimum absolute atomic E-state index is 0.141. The molecule has 28 heavy (non-hydrogen) atoms. The summed E-state index contributed by atoms with van der Waals surface area (Å²) in [5.41, 5.74) is 2.75. The second-order valence-electron chi connectivity index (χ2n) is 6.79. The molecule has 2 heterocycles. The van der Waals surface area contributed by atoms with Crippen molar-refractivity contribution in [2.75, 3.05) is 11.9 Å². The van der Waals surface area contributed by atoms with Gasteiger partial charge < -0.3 is 14.5 Å². The highest BCUT2D eigenvalue weighted by atomic mass is 35.5. The fourth-order valence-electron chi connectivity index (χ4n) is 3.10. The largest absolute Gasteiger partial charge is 0.481 e. The van der Waals surface area contributed by atoms with E-state index in [0.717, 1.165) is 35.2 Å². The van der Waals surface area contributed by atoms with Crippen molar-refractivity contribution in [2.24, 2.45) is 0 Å². The highest BCUT2D eigenvalue weighted by Crippen LogP contribution is 2.40. The number of oxazole rings is 1. The third-order valence-corrected chi connectivity index (χ3v) is 4.98. The lowest BCUT2D eigenvalue weighted by Crippen LogP contribution is -2.20. The lowest BCUT2D eigenvalue weighted by Gasteiger charge is -2.10. The Labute approximate surface area is 165 Å². The number of amides is 1. The molecule has 0 bridgehead atoms. The van der Waals surface area contributed by atoms with E-state index in [0.29, 0.717) is 27.9 Å². The predicted molar refractivity (Wildman–Crippen MR) is 107 cm³/mol. The van der Waals surface area contributed by atoms with Gasteiger partial charge in [-0.25, -0.2) is 4.98 Å². The van der Waals surface area contributed by atoms with Gasteiger partial charge in [0, 0.05) is 23.2 Å². The molecule has 0 atom stereocenters. The Bertz CT molecular complexity index is 1200. The molecular formula is C21H16ClN3O3. The van der Waals surface area contributed by atoms with Crippen molar-refractivity contribution in [1.82, 2.24) is 9.97 Å². The number of benzene rings is 2. The van der Waals surface area contributed by atoms with Gasteiger partial charge in [-0.05, 0) is 55.3 Å². The highest BCUT2D eigenvalue weighted by Gasteiger charge is 2.28. The Morgan fingerprint density at radius 3 is 3.00 bits per heavy atom. The van der Waals surface area contributed by atoms with E-state index in [1.54, 1.807) is 30.5 Å². The van der Waals surface area contributed by atoms with Gasteiger partial charge in [-0.1, -0.05) is 11.6 Å². The average Bonchev–Trinajstić information content (AvgIpc) is 3.47. The molecule has 0 radical (unpaired) electrons. The van der Waals surface area contributed by atoms with Gasteiger partial charge >= 0.3 is 0 Å². The number of carbonyl (C=O) groups excluding carboxylic acids is 1. The lowest BCUT2D eigenvalue weighted by atomic mass is 10.2. The maximum Gasteiger partial charge on any atom is 0.262 e. The van der Waals surface area contributed by atoms with Crippen LogP contribution in [0.5, 0.6) is 5.75 Å². The molecular weight excluding hydrogens is 378 g/mol. The molecule has 2 aromatic heterocycles. The van der Waals surface area contributed by atoms with E-state index < -0.39 is 0 Å². The number of fused-ring (bicyclic) bond motifs is 2. The second kappa shape index (κ2) is 6.80. The van der Waals surface area contributed by atoms with Crippen LogP contribution >= 0.6 is 11.6 Å². The standard InChI is InChI=1S/C21H16ClN3O3/c22-15-6-8-18(20-14(15)2-1-9-23-20)27-11-19(26)24-13-5-7-17-16(10-13)25-21(28-17)12-3-4-12/h1-2,5-10,12H,3-4,11H2,(H,24,26). The molecule has 0 unspecified atom stereocenters. The summed E-state index contributed by atoms with van der Waals surface area (Å²) in [6, 6.07) is 12.5. The zero-order chi connectivity index (χ0) is 19.1. The van der Waals surface area contributed by atoms with Crippen molar-refractivity contribution in [3.8, 4) is 5.75 Å². The number of hydrogen-bond acceptors (Lipinski definition) is 5. The first-order valence-electron chi connectivity index (χ1n) is 9.04. The SMILES string of the molecule is O=C(COc1ccc(Cl)c2cccnc12)Nc1ccc2oc(C3CC3)nc2c1. The van der Waals surface area contributed by atoms with Crippen LogP contribution in [0.4, 0.5) is 5.69 Å². The van der Waals surface area contributed by atoms with Gasteiger partial charge in [-0.2, -0.15) is 0 Å². The molecule has 0 aliphatic heterocycles. The summed E-state index contributed by atoms with van der Waals surface area (Å²) in [7, 11) is 0. The number of aromatic nitrogens is 2. The van der Waals surface area contributed by atoms with E-state index in [1.165, 1.54) is 0 Å². The number of pyridine rings is 1. The summed E-state index contributed by atoms with van der Waals surface area (Å²) >= 11 is 6.18. The molecule has 1 amide bonds. The van der Waals surface area contributed by atoms with Crippen molar-refractivity contribution < 1.29 is 13.9 Å². The molecule has 7 heteroatoms. The molecule has 0 spiro atoms. The van der Waals surface area contributed by atoms with Crippen LogP contribution in [0.1, 0.15) is 24.7 Å². The number of ether oxygens (including phenoxy) is 1. The van der Waals surface area contributed by atoms with Crippen LogP contribution in [-0.2, 0) is 4.79 Å². The summed E-state index contributed by atoms with van der Waals surface area (Å²) in [5, 5.41) is 4.20. The minimum atomic E-state index is -0.274. The van der Waals surface area contributed by atoms with E-state index in [4.69, 9.17) is 20.8 Å². The molecule has 6 nitrogen and oxygen atoms in total. The molecule has 140 valence electrons. The lowest BCUT2D eigenvalue weighted by molar-refractivity contribution is -0.118. The van der Waals surface area contributed by atoms with Crippen molar-refractivity contribution in [3.05, 3.63) is 59.6 Å². The molecule has 1 N–H and O–H groups in total. The van der Waals surface area contributed by atoms with E-state index in [9.17, 15) is 4.79 Å². The Kier molecular flexibility index (Phi) is 4.13. The van der Waals surface area contributed by atoms with E-state index in [2.05, 4.69) is 15.3 Å². The van der Waals surface area contributed by atoms with Crippen molar-refractivity contribution >= 4 is 45.2 Å². The van der Waals surface area contributed by atoms with Crippen LogP contribution in [0, 0.1) is 0 Å². The van der Waals surface area contributed by atoms with Gasteiger partial charge in [0.2, 0.25) is 0 Å². The predicted octanol–water partition coefficient (Wildman–Crippen LogP) is 4.92. The van der Waals surface area contributed by atoms with Gasteiger partial charge in [0.15, 0.2) is 18.1 Å². The van der Waals surface area contributed by atoms with Gasteiger partial charge in [-0.3, -0.25) is 9.78 Å². The van der Waals surface area contributed by atoms with Gasteiger partial charge in [-0.15, -0.1) is 0 Å². The number of nitrogens with one attached hydrogen (secondary N) is 1. The van der Waals surface area contributed by atoms with Gasteiger partial charge in [0.05, 0.1) is 5.02 Å². The third kappa shape index (κ3) is 3.27. The zero-order valence-electron chi connectivity index (χ0n) is 14.8. The Balaban J connectivity index is 1.29. The first-order chi connectivity index (χ1) is 13.7. The monoisotopic (exact) mass is 393 g/mol. The second-order valence-corrected chi connectivity index (χ2v) is 7.20. The van der Waals surface area contributed by atoms with Crippen LogP contribution in [0.25, 0.3) is 22.0 Å². The Hall–Kier alpha value is -3.12. The van der Waals surface area contributed by atoms with Crippen LogP contribution in [0.2, 0.25) is 5.02 Å². The maximum atomic E-state index is 12.3. The van der Waals surface area contributed by atoms with Gasteiger partial charge in [0.25, 0.3) is 5.91 Å². The molecule has 1 aliphatic carbocycles. The van der Waals surface area contributed by atoms with E-state index in [1.807, 2.05) is 18.2 Å². The highest BCUT2D eigenvalue weighted by molar-refractivity contribution is 6.35. The quantitative estimate of drug-likeness (QED) is 0.520. The molecule has 1 saturated carbocycles. The summed E-state index contributed by atoms with van der Waals surface area (Å²) < 4.78 is 11.4. The summed E-state index contributed by atoms with van der Waals surface area (Å²) in [6.45, 7) is -0.141. The van der Waals surface area contributed by atoms with Crippen LogP contribution in [0.15, 0.2) is 53.1 Å². The summed E-state index contributed by atoms with van der Waals surface area (Å²) in [6.07, 6.45) is 3.92. The number of rotatable bonds is 5. The summed E-state index contributed by atoms with van der Waals surface area (Å²) in [4.78, 5) is 21.1. The van der Waals surface area contributed by atoms with E-state index in [-0.39, 0.29) is 12.5 Å². The number of hydrogen-bond donors (Lipinski definition) is 1. The smallest absolute Gasteiger partial charge is 0.262 e. The fraction of sp³-hybridized carbons (Fsp3) is 0.190. The molecule has 1 fully saturated rings. The third-order valence-electron chi connectivity index (χ3n) is 4.65. The fourth-order valence-corrected chi connectivity index (χ4v) is 3.31. The molecule has 0 saturated heterocycles. The van der Waals surface area contributed by atoms with Crippen molar-refractivity contribution in [3.63, 3.8) is 0 Å². The normalized spacial score (nSPS) is 13.8. The van der Waals surface area contributed by atoms with Crippen LogP contribution in [-0.4, -0.2) is 22.5 Å². The van der Waals surface area contributed by atoms with Crippen LogP contribution in [0.3, 0.4) is 0 Å².